The van der Waals surface area contributed by atoms with Crippen molar-refractivity contribution >= 4 is 17.6 Å². The zero-order valence-electron chi connectivity index (χ0n) is 16.0. The van der Waals surface area contributed by atoms with Crippen LogP contribution < -0.4 is 11.1 Å². The number of aliphatic carboxylic acids is 1. The molecule has 0 radical (unpaired) electrons. The third kappa shape index (κ3) is 5.36. The SMILES string of the molecule is N=C(N)Nc1cccc(C#CC2(c3ccccc3)C=CC=C(CCC(=O)O)C2)c1. The zero-order chi connectivity index (χ0) is 20.7. The normalized spacial score (nSPS) is 17.6. The van der Waals surface area contributed by atoms with E-state index < -0.39 is 11.4 Å². The summed E-state index contributed by atoms with van der Waals surface area (Å²) in [6.07, 6.45) is 7.31. The number of carboxylic acids is 1. The van der Waals surface area contributed by atoms with Gasteiger partial charge in [0.2, 0.25) is 0 Å². The van der Waals surface area contributed by atoms with Gasteiger partial charge in [0.05, 0.1) is 5.41 Å². The molecule has 3 rings (SSSR count). The van der Waals surface area contributed by atoms with Gasteiger partial charge in [0.15, 0.2) is 5.96 Å². The van der Waals surface area contributed by atoms with E-state index in [2.05, 4.69) is 23.2 Å². The number of benzene rings is 2. The summed E-state index contributed by atoms with van der Waals surface area (Å²) in [5, 5.41) is 19.2. The molecule has 0 amide bonds. The first kappa shape index (κ1) is 20.0. The van der Waals surface area contributed by atoms with Crippen molar-refractivity contribution in [1.82, 2.24) is 0 Å². The summed E-state index contributed by atoms with van der Waals surface area (Å²) in [7, 11) is 0. The predicted molar refractivity (Wildman–Crippen MR) is 116 cm³/mol. The number of carboxylic acid groups (broad SMARTS) is 1. The fourth-order valence-electron chi connectivity index (χ4n) is 3.37. The molecule has 1 atom stereocenters. The molecular weight excluding hydrogens is 362 g/mol. The molecule has 0 fully saturated rings. The average Bonchev–Trinajstić information content (AvgIpc) is 2.71. The first-order valence-electron chi connectivity index (χ1n) is 9.36. The molecule has 1 aliphatic rings. The minimum Gasteiger partial charge on any atom is -0.481 e. The molecule has 5 N–H and O–H groups in total. The van der Waals surface area contributed by atoms with Crippen LogP contribution in [0.2, 0.25) is 0 Å². The van der Waals surface area contributed by atoms with Gasteiger partial charge in [-0.25, -0.2) is 0 Å². The summed E-state index contributed by atoms with van der Waals surface area (Å²) in [5.41, 5.74) is 8.54. The Balaban J connectivity index is 1.94. The Labute approximate surface area is 170 Å². The van der Waals surface area contributed by atoms with Crippen LogP contribution >= 0.6 is 0 Å². The third-order valence-corrected chi connectivity index (χ3v) is 4.74. The maximum absolute atomic E-state index is 11.0. The van der Waals surface area contributed by atoms with Crippen LogP contribution in [0.25, 0.3) is 0 Å². The lowest BCUT2D eigenvalue weighted by molar-refractivity contribution is -0.136. The lowest BCUT2D eigenvalue weighted by Gasteiger charge is -2.29. The van der Waals surface area contributed by atoms with Crippen LogP contribution in [0.4, 0.5) is 5.69 Å². The maximum atomic E-state index is 11.0. The third-order valence-electron chi connectivity index (χ3n) is 4.74. The molecule has 0 saturated heterocycles. The monoisotopic (exact) mass is 385 g/mol. The van der Waals surface area contributed by atoms with Crippen LogP contribution in [0, 0.1) is 17.3 Å². The highest BCUT2D eigenvalue weighted by molar-refractivity contribution is 5.89. The Kier molecular flexibility index (Phi) is 6.16. The van der Waals surface area contributed by atoms with E-state index in [9.17, 15) is 4.79 Å². The Bertz CT molecular complexity index is 1030. The van der Waals surface area contributed by atoms with Crippen LogP contribution in [0.5, 0.6) is 0 Å². The number of carbonyl (C=O) groups is 1. The van der Waals surface area contributed by atoms with Crippen molar-refractivity contribution < 1.29 is 9.90 Å². The van der Waals surface area contributed by atoms with Gasteiger partial charge in [0, 0.05) is 17.7 Å². The second kappa shape index (κ2) is 8.94. The van der Waals surface area contributed by atoms with Crippen molar-refractivity contribution in [3.63, 3.8) is 0 Å². The maximum Gasteiger partial charge on any atom is 0.303 e. The second-order valence-electron chi connectivity index (χ2n) is 6.96. The van der Waals surface area contributed by atoms with Crippen molar-refractivity contribution in [2.45, 2.75) is 24.7 Å². The molecule has 0 heterocycles. The second-order valence-corrected chi connectivity index (χ2v) is 6.96. The summed E-state index contributed by atoms with van der Waals surface area (Å²) in [4.78, 5) is 11.0. The molecule has 0 aliphatic heterocycles. The van der Waals surface area contributed by atoms with Crippen LogP contribution in [-0.2, 0) is 10.2 Å². The number of rotatable bonds is 5. The molecule has 5 nitrogen and oxygen atoms in total. The quantitative estimate of drug-likeness (QED) is 0.355. The number of hydrogen-bond donors (Lipinski definition) is 4. The van der Waals surface area contributed by atoms with Crippen LogP contribution in [0.15, 0.2) is 78.4 Å². The highest BCUT2D eigenvalue weighted by Gasteiger charge is 2.30. The van der Waals surface area contributed by atoms with Crippen LogP contribution in [-0.4, -0.2) is 17.0 Å². The van der Waals surface area contributed by atoms with Gasteiger partial charge in [0.1, 0.15) is 0 Å². The Hall–Kier alpha value is -3.78. The highest BCUT2D eigenvalue weighted by atomic mass is 16.4. The van der Waals surface area contributed by atoms with Gasteiger partial charge >= 0.3 is 5.97 Å². The molecule has 1 aliphatic carbocycles. The van der Waals surface area contributed by atoms with Crippen molar-refractivity contribution in [3.05, 3.63) is 89.5 Å². The number of nitrogens with two attached hydrogens (primary N) is 1. The van der Waals surface area contributed by atoms with E-state index in [1.165, 1.54) is 0 Å². The lowest BCUT2D eigenvalue weighted by Crippen LogP contribution is -2.24. The fraction of sp³-hybridized carbons (Fsp3) is 0.167. The van der Waals surface area contributed by atoms with Gasteiger partial charge < -0.3 is 16.2 Å². The van der Waals surface area contributed by atoms with E-state index in [4.69, 9.17) is 16.2 Å². The Morgan fingerprint density at radius 2 is 2.00 bits per heavy atom. The Morgan fingerprint density at radius 3 is 2.72 bits per heavy atom. The standard InChI is InChI=1S/C24H23N3O2/c25-23(26)27-21-10-4-6-18(16-21)13-15-24(20-8-2-1-3-9-20)14-5-7-19(17-24)11-12-22(28)29/h1-10,14,16H,11-12,17H2,(H,28,29)(H4,25,26,27). The van der Waals surface area contributed by atoms with Gasteiger partial charge in [-0.1, -0.05) is 72.0 Å². The Morgan fingerprint density at radius 1 is 1.21 bits per heavy atom. The minimum atomic E-state index is -0.799. The number of guanidine groups is 1. The minimum absolute atomic E-state index is 0.108. The largest absolute Gasteiger partial charge is 0.481 e. The molecule has 146 valence electrons. The molecule has 0 spiro atoms. The van der Waals surface area contributed by atoms with Gasteiger partial charge in [-0.15, -0.1) is 0 Å². The first-order chi connectivity index (χ1) is 14.0. The molecule has 0 bridgehead atoms. The number of hydrogen-bond acceptors (Lipinski definition) is 2. The first-order valence-corrected chi connectivity index (χ1v) is 9.36. The van der Waals surface area contributed by atoms with Crippen molar-refractivity contribution in [2.75, 3.05) is 5.32 Å². The molecule has 2 aromatic rings. The highest BCUT2D eigenvalue weighted by Crippen LogP contribution is 2.36. The molecule has 2 aromatic carbocycles. The summed E-state index contributed by atoms with van der Waals surface area (Å²) >= 11 is 0. The molecule has 5 heteroatoms. The number of anilines is 1. The van der Waals surface area contributed by atoms with E-state index >= 15 is 0 Å². The average molecular weight is 385 g/mol. The van der Waals surface area contributed by atoms with E-state index in [0.29, 0.717) is 18.5 Å². The van der Waals surface area contributed by atoms with E-state index in [0.717, 1.165) is 16.7 Å². The van der Waals surface area contributed by atoms with Crippen LogP contribution in [0.1, 0.15) is 30.4 Å². The van der Waals surface area contributed by atoms with Crippen molar-refractivity contribution in [2.24, 2.45) is 5.73 Å². The van der Waals surface area contributed by atoms with E-state index in [1.807, 2.05) is 66.7 Å². The van der Waals surface area contributed by atoms with Crippen molar-refractivity contribution in [3.8, 4) is 11.8 Å². The zero-order valence-corrected chi connectivity index (χ0v) is 16.0. The smallest absolute Gasteiger partial charge is 0.303 e. The number of allylic oxidation sites excluding steroid dienone is 4. The predicted octanol–water partition coefficient (Wildman–Crippen LogP) is 4.03. The van der Waals surface area contributed by atoms with Gasteiger partial charge in [-0.3, -0.25) is 10.2 Å². The molecular formula is C24H23N3O2. The number of nitrogens with one attached hydrogen (secondary N) is 2. The van der Waals surface area contributed by atoms with Gasteiger partial charge in [0.25, 0.3) is 0 Å². The van der Waals surface area contributed by atoms with Crippen LogP contribution in [0.3, 0.4) is 0 Å². The topological polar surface area (TPSA) is 99.2 Å². The van der Waals surface area contributed by atoms with E-state index in [1.54, 1.807) is 0 Å². The van der Waals surface area contributed by atoms with E-state index in [-0.39, 0.29) is 12.4 Å². The molecule has 1 unspecified atom stereocenters. The molecule has 0 aromatic heterocycles. The lowest BCUT2D eigenvalue weighted by atomic mass is 9.72. The van der Waals surface area contributed by atoms with Gasteiger partial charge in [-0.2, -0.15) is 0 Å². The summed E-state index contributed by atoms with van der Waals surface area (Å²) < 4.78 is 0. The fourth-order valence-corrected chi connectivity index (χ4v) is 3.37. The molecule has 29 heavy (non-hydrogen) atoms. The summed E-state index contributed by atoms with van der Waals surface area (Å²) in [6.45, 7) is 0. The molecule has 0 saturated carbocycles. The van der Waals surface area contributed by atoms with Crippen molar-refractivity contribution in [1.29, 1.82) is 5.41 Å². The van der Waals surface area contributed by atoms with Gasteiger partial charge in [-0.05, 0) is 36.6 Å². The summed E-state index contributed by atoms with van der Waals surface area (Å²) in [6, 6.07) is 17.5. The summed E-state index contributed by atoms with van der Waals surface area (Å²) in [5.74, 6) is 5.76.